The number of ether oxygens (including phenoxy) is 1. The standard InChI is InChI=1S/C11H17N3O3/c1-14-8-9(7-13-14)6-12-11(10(15)16)2-4-17-5-3-11/h7-8,12H,2-6H2,1H3,(H,15,16). The summed E-state index contributed by atoms with van der Waals surface area (Å²) in [4.78, 5) is 11.4. The molecule has 0 aromatic carbocycles. The first-order valence-corrected chi connectivity index (χ1v) is 5.66. The summed E-state index contributed by atoms with van der Waals surface area (Å²) in [5, 5.41) is 16.5. The van der Waals surface area contributed by atoms with Crippen LogP contribution in [-0.2, 0) is 23.1 Å². The molecule has 0 bridgehead atoms. The molecule has 6 nitrogen and oxygen atoms in total. The zero-order valence-corrected chi connectivity index (χ0v) is 9.85. The SMILES string of the molecule is Cn1cc(CNC2(C(=O)O)CCOCC2)cn1. The number of nitrogens with zero attached hydrogens (tertiary/aromatic N) is 2. The molecular formula is C11H17N3O3. The summed E-state index contributed by atoms with van der Waals surface area (Å²) in [5.74, 6) is -0.801. The quantitative estimate of drug-likeness (QED) is 0.781. The number of aliphatic carboxylic acids is 1. The van der Waals surface area contributed by atoms with E-state index in [1.165, 1.54) is 0 Å². The molecule has 6 heteroatoms. The van der Waals surface area contributed by atoms with Crippen LogP contribution in [0.25, 0.3) is 0 Å². The minimum absolute atomic E-state index is 0.492. The van der Waals surface area contributed by atoms with Crippen LogP contribution in [0.2, 0.25) is 0 Å². The van der Waals surface area contributed by atoms with E-state index in [1.54, 1.807) is 10.9 Å². The summed E-state index contributed by atoms with van der Waals surface area (Å²) in [6.45, 7) is 1.50. The van der Waals surface area contributed by atoms with E-state index in [1.807, 2.05) is 13.2 Å². The lowest BCUT2D eigenvalue weighted by atomic mass is 9.90. The van der Waals surface area contributed by atoms with Crippen LogP contribution in [0.3, 0.4) is 0 Å². The first kappa shape index (κ1) is 12.1. The summed E-state index contributed by atoms with van der Waals surface area (Å²) >= 11 is 0. The predicted octanol–water partition coefficient (Wildman–Crippen LogP) is 0.143. The molecule has 1 aromatic heterocycles. The molecule has 17 heavy (non-hydrogen) atoms. The topological polar surface area (TPSA) is 76.4 Å². The van der Waals surface area contributed by atoms with Crippen molar-refractivity contribution in [2.45, 2.75) is 24.9 Å². The van der Waals surface area contributed by atoms with Crippen LogP contribution < -0.4 is 5.32 Å². The molecule has 1 fully saturated rings. The van der Waals surface area contributed by atoms with Crippen LogP contribution in [-0.4, -0.2) is 39.6 Å². The number of hydrogen-bond donors (Lipinski definition) is 2. The number of carboxylic acids is 1. The Morgan fingerprint density at radius 3 is 2.88 bits per heavy atom. The van der Waals surface area contributed by atoms with Gasteiger partial charge >= 0.3 is 5.97 Å². The smallest absolute Gasteiger partial charge is 0.324 e. The normalized spacial score (nSPS) is 19.1. The third-order valence-electron chi connectivity index (χ3n) is 3.14. The van der Waals surface area contributed by atoms with Crippen molar-refractivity contribution in [3.63, 3.8) is 0 Å². The van der Waals surface area contributed by atoms with Crippen LogP contribution in [0.1, 0.15) is 18.4 Å². The zero-order chi connectivity index (χ0) is 12.3. The Bertz CT molecular complexity index is 396. The number of aromatic nitrogens is 2. The third-order valence-corrected chi connectivity index (χ3v) is 3.14. The number of aryl methyl sites for hydroxylation is 1. The second-order valence-corrected chi connectivity index (χ2v) is 4.38. The predicted molar refractivity (Wildman–Crippen MR) is 60.5 cm³/mol. The van der Waals surface area contributed by atoms with Crippen molar-refractivity contribution in [1.82, 2.24) is 15.1 Å². The Balaban J connectivity index is 2.00. The molecule has 94 valence electrons. The van der Waals surface area contributed by atoms with E-state index in [2.05, 4.69) is 10.4 Å². The average Bonchev–Trinajstić information content (AvgIpc) is 2.74. The average molecular weight is 239 g/mol. The first-order valence-electron chi connectivity index (χ1n) is 5.66. The molecular weight excluding hydrogens is 222 g/mol. The molecule has 0 aliphatic carbocycles. The number of carboxylic acid groups (broad SMARTS) is 1. The Kier molecular flexibility index (Phi) is 3.44. The highest BCUT2D eigenvalue weighted by Crippen LogP contribution is 2.21. The number of carbonyl (C=O) groups is 1. The van der Waals surface area contributed by atoms with Crippen molar-refractivity contribution < 1.29 is 14.6 Å². The van der Waals surface area contributed by atoms with Gasteiger partial charge in [-0.1, -0.05) is 0 Å². The molecule has 1 aromatic rings. The first-order chi connectivity index (χ1) is 8.12. The molecule has 0 spiro atoms. The maximum Gasteiger partial charge on any atom is 0.324 e. The van der Waals surface area contributed by atoms with E-state index in [0.29, 0.717) is 32.6 Å². The van der Waals surface area contributed by atoms with E-state index < -0.39 is 11.5 Å². The molecule has 0 amide bonds. The Hall–Kier alpha value is -1.40. The Morgan fingerprint density at radius 1 is 1.65 bits per heavy atom. The van der Waals surface area contributed by atoms with E-state index in [0.717, 1.165) is 5.56 Å². The molecule has 1 saturated heterocycles. The van der Waals surface area contributed by atoms with Crippen LogP contribution in [0, 0.1) is 0 Å². The van der Waals surface area contributed by atoms with E-state index in [9.17, 15) is 9.90 Å². The van der Waals surface area contributed by atoms with Gasteiger partial charge in [0, 0.05) is 38.6 Å². The van der Waals surface area contributed by atoms with Crippen LogP contribution in [0.5, 0.6) is 0 Å². The van der Waals surface area contributed by atoms with Gasteiger partial charge in [-0.3, -0.25) is 14.8 Å². The molecule has 0 saturated carbocycles. The van der Waals surface area contributed by atoms with Gasteiger partial charge in [-0.05, 0) is 12.8 Å². The van der Waals surface area contributed by atoms with Crippen molar-refractivity contribution in [2.75, 3.05) is 13.2 Å². The van der Waals surface area contributed by atoms with E-state index in [-0.39, 0.29) is 0 Å². The number of nitrogens with one attached hydrogen (secondary N) is 1. The summed E-state index contributed by atoms with van der Waals surface area (Å²) < 4.78 is 6.91. The van der Waals surface area contributed by atoms with Gasteiger partial charge < -0.3 is 9.84 Å². The van der Waals surface area contributed by atoms with Gasteiger partial charge in [-0.15, -0.1) is 0 Å². The minimum atomic E-state index is -0.853. The van der Waals surface area contributed by atoms with Crippen molar-refractivity contribution in [3.05, 3.63) is 18.0 Å². The van der Waals surface area contributed by atoms with Gasteiger partial charge in [0.05, 0.1) is 6.20 Å². The summed E-state index contributed by atoms with van der Waals surface area (Å²) in [6, 6.07) is 0. The van der Waals surface area contributed by atoms with Gasteiger partial charge in [0.15, 0.2) is 0 Å². The van der Waals surface area contributed by atoms with E-state index in [4.69, 9.17) is 4.74 Å². The summed E-state index contributed by atoms with van der Waals surface area (Å²) in [5.41, 5.74) is 0.133. The monoisotopic (exact) mass is 239 g/mol. The fourth-order valence-corrected chi connectivity index (χ4v) is 2.02. The van der Waals surface area contributed by atoms with E-state index >= 15 is 0 Å². The van der Waals surface area contributed by atoms with Crippen molar-refractivity contribution >= 4 is 5.97 Å². The number of hydrogen-bond acceptors (Lipinski definition) is 4. The van der Waals surface area contributed by atoms with Gasteiger partial charge in [0.2, 0.25) is 0 Å². The molecule has 2 rings (SSSR count). The minimum Gasteiger partial charge on any atom is -0.480 e. The molecule has 0 radical (unpaired) electrons. The molecule has 1 aliphatic heterocycles. The fraction of sp³-hybridized carbons (Fsp3) is 0.636. The highest BCUT2D eigenvalue weighted by Gasteiger charge is 2.39. The zero-order valence-electron chi connectivity index (χ0n) is 9.85. The lowest BCUT2D eigenvalue weighted by molar-refractivity contribution is -0.149. The second-order valence-electron chi connectivity index (χ2n) is 4.38. The second kappa shape index (κ2) is 4.85. The molecule has 2 heterocycles. The van der Waals surface area contributed by atoms with Crippen molar-refractivity contribution in [1.29, 1.82) is 0 Å². The maximum absolute atomic E-state index is 11.4. The Labute approximate surface area is 99.6 Å². The molecule has 0 unspecified atom stereocenters. The van der Waals surface area contributed by atoms with Crippen LogP contribution >= 0.6 is 0 Å². The molecule has 0 atom stereocenters. The van der Waals surface area contributed by atoms with Crippen molar-refractivity contribution in [3.8, 4) is 0 Å². The highest BCUT2D eigenvalue weighted by molar-refractivity contribution is 5.78. The summed E-state index contributed by atoms with van der Waals surface area (Å²) in [7, 11) is 1.84. The summed E-state index contributed by atoms with van der Waals surface area (Å²) in [6.07, 6.45) is 4.62. The fourth-order valence-electron chi connectivity index (χ4n) is 2.02. The largest absolute Gasteiger partial charge is 0.480 e. The lowest BCUT2D eigenvalue weighted by Gasteiger charge is -2.33. The third kappa shape index (κ3) is 2.65. The molecule has 2 N–H and O–H groups in total. The number of rotatable bonds is 4. The highest BCUT2D eigenvalue weighted by atomic mass is 16.5. The maximum atomic E-state index is 11.4. The lowest BCUT2D eigenvalue weighted by Crippen LogP contribution is -2.55. The van der Waals surface area contributed by atoms with Gasteiger partial charge in [0.25, 0.3) is 0 Å². The van der Waals surface area contributed by atoms with Crippen molar-refractivity contribution in [2.24, 2.45) is 7.05 Å². The van der Waals surface area contributed by atoms with Gasteiger partial charge in [0.1, 0.15) is 5.54 Å². The van der Waals surface area contributed by atoms with Gasteiger partial charge in [-0.25, -0.2) is 0 Å². The van der Waals surface area contributed by atoms with Gasteiger partial charge in [-0.2, -0.15) is 5.10 Å². The van der Waals surface area contributed by atoms with Crippen LogP contribution in [0.4, 0.5) is 0 Å². The Morgan fingerprint density at radius 2 is 2.35 bits per heavy atom. The van der Waals surface area contributed by atoms with Crippen LogP contribution in [0.15, 0.2) is 12.4 Å². The molecule has 1 aliphatic rings.